The smallest absolute Gasteiger partial charge is 0.330 e. The summed E-state index contributed by atoms with van der Waals surface area (Å²) in [5.74, 6) is 0.528. The SMILES string of the molecule is CCCCn1c(N)c(N(C(=O)CN(C)CCOc2ccc(Cl)cc2)C2CCCC2)c(=O)[nH]c1=O. The zero-order valence-corrected chi connectivity index (χ0v) is 20.6. The van der Waals surface area contributed by atoms with E-state index in [1.165, 1.54) is 9.47 Å². The van der Waals surface area contributed by atoms with Gasteiger partial charge in [0, 0.05) is 24.2 Å². The number of aromatic nitrogens is 2. The van der Waals surface area contributed by atoms with Crippen LogP contribution in [0.5, 0.6) is 5.75 Å². The third-order valence-electron chi connectivity index (χ3n) is 6.11. The number of hydrogen-bond donors (Lipinski definition) is 2. The number of ether oxygens (including phenoxy) is 1. The van der Waals surface area contributed by atoms with Crippen LogP contribution >= 0.6 is 11.6 Å². The molecule has 1 amide bonds. The van der Waals surface area contributed by atoms with Crippen molar-refractivity contribution in [2.45, 2.75) is 58.0 Å². The van der Waals surface area contributed by atoms with Crippen LogP contribution in [0.15, 0.2) is 33.9 Å². The van der Waals surface area contributed by atoms with Gasteiger partial charge in [0.1, 0.15) is 18.2 Å². The summed E-state index contributed by atoms with van der Waals surface area (Å²) in [4.78, 5) is 44.4. The van der Waals surface area contributed by atoms with Crippen LogP contribution in [0.1, 0.15) is 45.4 Å². The number of amides is 1. The lowest BCUT2D eigenvalue weighted by Gasteiger charge is -2.31. The minimum atomic E-state index is -0.621. The number of rotatable bonds is 11. The summed E-state index contributed by atoms with van der Waals surface area (Å²) in [5, 5.41) is 0.636. The Morgan fingerprint density at radius 2 is 1.91 bits per heavy atom. The van der Waals surface area contributed by atoms with Gasteiger partial charge >= 0.3 is 5.69 Å². The number of halogens is 1. The highest BCUT2D eigenvalue weighted by Gasteiger charge is 2.32. The van der Waals surface area contributed by atoms with Crippen molar-refractivity contribution in [3.05, 3.63) is 50.1 Å². The number of nitrogens with two attached hydrogens (primary N) is 1. The number of aromatic amines is 1. The van der Waals surface area contributed by atoms with Gasteiger partial charge in [0.2, 0.25) is 5.91 Å². The predicted molar refractivity (Wildman–Crippen MR) is 135 cm³/mol. The summed E-state index contributed by atoms with van der Waals surface area (Å²) < 4.78 is 7.08. The molecule has 0 atom stereocenters. The summed E-state index contributed by atoms with van der Waals surface area (Å²) in [6, 6.07) is 6.97. The van der Waals surface area contributed by atoms with Crippen molar-refractivity contribution in [2.75, 3.05) is 37.4 Å². The van der Waals surface area contributed by atoms with Crippen molar-refractivity contribution in [1.82, 2.24) is 14.5 Å². The quantitative estimate of drug-likeness (QED) is 0.499. The lowest BCUT2D eigenvalue weighted by molar-refractivity contribution is -0.120. The molecule has 2 aromatic rings. The second kappa shape index (κ2) is 12.1. The van der Waals surface area contributed by atoms with Gasteiger partial charge in [-0.05, 0) is 50.6 Å². The number of likely N-dealkylation sites (N-methyl/N-ethyl adjacent to an activating group) is 1. The maximum Gasteiger partial charge on any atom is 0.330 e. The molecule has 0 spiro atoms. The van der Waals surface area contributed by atoms with E-state index in [9.17, 15) is 14.4 Å². The molecule has 0 unspecified atom stereocenters. The molecule has 0 bridgehead atoms. The van der Waals surface area contributed by atoms with Crippen molar-refractivity contribution in [3.8, 4) is 5.75 Å². The topological polar surface area (TPSA) is 114 Å². The zero-order chi connectivity index (χ0) is 24.7. The highest BCUT2D eigenvalue weighted by Crippen LogP contribution is 2.29. The average molecular weight is 492 g/mol. The first-order valence-electron chi connectivity index (χ1n) is 11.8. The molecule has 0 aliphatic heterocycles. The van der Waals surface area contributed by atoms with Crippen molar-refractivity contribution >= 4 is 29.0 Å². The fourth-order valence-corrected chi connectivity index (χ4v) is 4.38. The van der Waals surface area contributed by atoms with Crippen molar-refractivity contribution in [3.63, 3.8) is 0 Å². The van der Waals surface area contributed by atoms with Gasteiger partial charge < -0.3 is 15.4 Å². The van der Waals surface area contributed by atoms with Gasteiger partial charge in [0.25, 0.3) is 5.56 Å². The minimum Gasteiger partial charge on any atom is -0.492 e. The Labute approximate surface area is 204 Å². The van der Waals surface area contributed by atoms with Gasteiger partial charge in [-0.1, -0.05) is 37.8 Å². The Bertz CT molecular complexity index is 1080. The Kier molecular flexibility index (Phi) is 9.18. The second-order valence-corrected chi connectivity index (χ2v) is 9.18. The molecule has 0 saturated heterocycles. The first kappa shape index (κ1) is 25.8. The summed E-state index contributed by atoms with van der Waals surface area (Å²) in [6.07, 6.45) is 5.15. The van der Waals surface area contributed by atoms with E-state index in [1.54, 1.807) is 24.3 Å². The molecule has 1 saturated carbocycles. The fourth-order valence-electron chi connectivity index (χ4n) is 4.26. The maximum atomic E-state index is 13.5. The number of benzene rings is 1. The highest BCUT2D eigenvalue weighted by molar-refractivity contribution is 6.30. The number of anilines is 2. The first-order valence-corrected chi connectivity index (χ1v) is 12.2. The lowest BCUT2D eigenvalue weighted by Crippen LogP contribution is -2.49. The van der Waals surface area contributed by atoms with Crippen LogP contribution < -0.4 is 26.6 Å². The van der Waals surface area contributed by atoms with Crippen LogP contribution in [0.2, 0.25) is 5.02 Å². The molecule has 1 aliphatic rings. The van der Waals surface area contributed by atoms with E-state index in [4.69, 9.17) is 22.1 Å². The summed E-state index contributed by atoms with van der Waals surface area (Å²) in [7, 11) is 1.83. The molecule has 1 aliphatic carbocycles. The van der Waals surface area contributed by atoms with E-state index >= 15 is 0 Å². The zero-order valence-electron chi connectivity index (χ0n) is 19.9. The molecule has 1 aromatic heterocycles. The minimum absolute atomic E-state index is 0.0520. The van der Waals surface area contributed by atoms with Crippen molar-refractivity contribution < 1.29 is 9.53 Å². The number of unbranched alkanes of at least 4 members (excludes halogenated alkanes) is 1. The van der Waals surface area contributed by atoms with Gasteiger partial charge in [-0.2, -0.15) is 0 Å². The third-order valence-corrected chi connectivity index (χ3v) is 6.36. The number of H-pyrrole nitrogens is 1. The van der Waals surface area contributed by atoms with E-state index in [-0.39, 0.29) is 30.0 Å². The number of carbonyl (C=O) groups excluding carboxylic acids is 1. The molecule has 3 rings (SSSR count). The number of hydrogen-bond acceptors (Lipinski definition) is 6. The maximum absolute atomic E-state index is 13.5. The molecular weight excluding hydrogens is 458 g/mol. The van der Waals surface area contributed by atoms with Gasteiger partial charge in [0.15, 0.2) is 5.69 Å². The van der Waals surface area contributed by atoms with E-state index in [0.29, 0.717) is 30.5 Å². The Hall–Kier alpha value is -2.78. The number of nitrogens with zero attached hydrogens (tertiary/aromatic N) is 3. The molecule has 0 radical (unpaired) electrons. The van der Waals surface area contributed by atoms with Gasteiger partial charge in [0.05, 0.1) is 6.54 Å². The number of nitrogen functional groups attached to an aromatic ring is 1. The molecule has 3 N–H and O–H groups in total. The molecule has 9 nitrogen and oxygen atoms in total. The number of nitrogens with one attached hydrogen (secondary N) is 1. The summed E-state index contributed by atoms with van der Waals surface area (Å²) >= 11 is 5.89. The van der Waals surface area contributed by atoms with Crippen molar-refractivity contribution in [2.24, 2.45) is 0 Å². The van der Waals surface area contributed by atoms with Gasteiger partial charge in [-0.15, -0.1) is 0 Å². The van der Waals surface area contributed by atoms with Crippen molar-refractivity contribution in [1.29, 1.82) is 0 Å². The molecule has 1 aromatic carbocycles. The van der Waals surface area contributed by atoms with Crippen LogP contribution in [0.3, 0.4) is 0 Å². The Morgan fingerprint density at radius 1 is 1.24 bits per heavy atom. The molecule has 1 heterocycles. The normalized spacial score (nSPS) is 14.0. The monoisotopic (exact) mass is 491 g/mol. The standard InChI is InChI=1S/C24H34ClN5O4/c1-3-4-13-29-22(26)21(23(32)27-24(29)33)30(18-7-5-6-8-18)20(31)16-28(2)14-15-34-19-11-9-17(25)10-12-19/h9-12,18H,3-8,13-16,26H2,1-2H3,(H,27,32,33). The second-order valence-electron chi connectivity index (χ2n) is 8.74. The highest BCUT2D eigenvalue weighted by atomic mass is 35.5. The molecule has 10 heteroatoms. The third kappa shape index (κ3) is 6.42. The van der Waals surface area contributed by atoms with E-state index in [1.807, 2.05) is 18.9 Å². The van der Waals surface area contributed by atoms with Crippen LogP contribution in [0, 0.1) is 0 Å². The van der Waals surface area contributed by atoms with Crippen LogP contribution in [-0.4, -0.2) is 53.1 Å². The Morgan fingerprint density at radius 3 is 2.56 bits per heavy atom. The predicted octanol–water partition coefficient (Wildman–Crippen LogP) is 2.86. The molecular formula is C24H34ClN5O4. The first-order chi connectivity index (χ1) is 16.3. The summed E-state index contributed by atoms with van der Waals surface area (Å²) in [6.45, 7) is 3.38. The van der Waals surface area contributed by atoms with E-state index in [2.05, 4.69) is 4.98 Å². The van der Waals surface area contributed by atoms with Gasteiger partial charge in [-0.25, -0.2) is 4.79 Å². The summed E-state index contributed by atoms with van der Waals surface area (Å²) in [5.41, 5.74) is 5.24. The van der Waals surface area contributed by atoms with Gasteiger partial charge in [-0.3, -0.25) is 24.0 Å². The van der Waals surface area contributed by atoms with Crippen LogP contribution in [0.25, 0.3) is 0 Å². The van der Waals surface area contributed by atoms with Crippen LogP contribution in [0.4, 0.5) is 11.5 Å². The van der Waals surface area contributed by atoms with E-state index < -0.39 is 11.2 Å². The lowest BCUT2D eigenvalue weighted by atomic mass is 10.2. The number of carbonyl (C=O) groups is 1. The molecule has 186 valence electrons. The molecule has 34 heavy (non-hydrogen) atoms. The largest absolute Gasteiger partial charge is 0.492 e. The van der Waals surface area contributed by atoms with Crippen LogP contribution in [-0.2, 0) is 11.3 Å². The fraction of sp³-hybridized carbons (Fsp3) is 0.542. The van der Waals surface area contributed by atoms with E-state index in [0.717, 1.165) is 38.5 Å². The Balaban J connectivity index is 1.76. The molecule has 1 fully saturated rings. The average Bonchev–Trinajstić information content (AvgIpc) is 3.32.